The van der Waals surface area contributed by atoms with E-state index in [4.69, 9.17) is 4.74 Å². The van der Waals surface area contributed by atoms with Crippen LogP contribution in [0.1, 0.15) is 33.7 Å². The second kappa shape index (κ2) is 8.30. The van der Waals surface area contributed by atoms with Crippen LogP contribution in [0.25, 0.3) is 0 Å². The summed E-state index contributed by atoms with van der Waals surface area (Å²) in [5, 5.41) is 0. The SMILES string of the molecule is Cn1ccnc1CN(CCCc1ccccc1)C(=O)c1cccc2c1OCC2. The van der Waals surface area contributed by atoms with Crippen molar-refractivity contribution < 1.29 is 9.53 Å². The molecule has 2 aromatic carbocycles. The topological polar surface area (TPSA) is 47.4 Å². The highest BCUT2D eigenvalue weighted by molar-refractivity contribution is 5.97. The number of para-hydroxylation sites is 1. The standard InChI is InChI=1S/C23H25N3O2/c1-25-15-13-24-21(25)17-26(14-6-9-18-7-3-2-4-8-18)23(27)20-11-5-10-19-12-16-28-22(19)20/h2-5,7-8,10-11,13,15H,6,9,12,14,16-17H2,1H3. The van der Waals surface area contributed by atoms with Gasteiger partial charge in [-0.05, 0) is 30.0 Å². The highest BCUT2D eigenvalue weighted by Gasteiger charge is 2.25. The average molecular weight is 375 g/mol. The number of aromatic nitrogens is 2. The van der Waals surface area contributed by atoms with Crippen LogP contribution >= 0.6 is 0 Å². The highest BCUT2D eigenvalue weighted by Crippen LogP contribution is 2.30. The van der Waals surface area contributed by atoms with Gasteiger partial charge in [-0.2, -0.15) is 0 Å². The Labute approximate surface area is 165 Å². The lowest BCUT2D eigenvalue weighted by Gasteiger charge is -2.23. The number of benzene rings is 2. The summed E-state index contributed by atoms with van der Waals surface area (Å²) in [6.07, 6.45) is 6.38. The van der Waals surface area contributed by atoms with Gasteiger partial charge in [0.15, 0.2) is 0 Å². The van der Waals surface area contributed by atoms with Crippen molar-refractivity contribution in [1.29, 1.82) is 0 Å². The number of amides is 1. The normalized spacial score (nSPS) is 12.5. The van der Waals surface area contributed by atoms with Gasteiger partial charge in [-0.1, -0.05) is 42.5 Å². The third-order valence-corrected chi connectivity index (χ3v) is 5.22. The molecule has 1 aromatic heterocycles. The Kier molecular flexibility index (Phi) is 5.42. The lowest BCUT2D eigenvalue weighted by Crippen LogP contribution is -2.33. The van der Waals surface area contributed by atoms with Gasteiger partial charge in [0.25, 0.3) is 5.91 Å². The smallest absolute Gasteiger partial charge is 0.258 e. The first-order valence-electron chi connectivity index (χ1n) is 9.76. The fraction of sp³-hybridized carbons (Fsp3) is 0.304. The summed E-state index contributed by atoms with van der Waals surface area (Å²) in [5.41, 5.74) is 3.06. The van der Waals surface area contributed by atoms with E-state index in [9.17, 15) is 4.79 Å². The van der Waals surface area contributed by atoms with Crippen molar-refractivity contribution in [3.05, 3.63) is 83.4 Å². The van der Waals surface area contributed by atoms with Crippen LogP contribution in [0, 0.1) is 0 Å². The number of carbonyl (C=O) groups is 1. The van der Waals surface area contributed by atoms with Gasteiger partial charge in [0.05, 0.1) is 18.7 Å². The van der Waals surface area contributed by atoms with E-state index in [1.54, 1.807) is 6.20 Å². The van der Waals surface area contributed by atoms with Crippen molar-refractivity contribution in [2.45, 2.75) is 25.8 Å². The second-order valence-corrected chi connectivity index (χ2v) is 7.16. The van der Waals surface area contributed by atoms with Gasteiger partial charge in [-0.25, -0.2) is 4.98 Å². The molecule has 0 fully saturated rings. The lowest BCUT2D eigenvalue weighted by atomic mass is 10.1. The monoisotopic (exact) mass is 375 g/mol. The fourth-order valence-corrected chi connectivity index (χ4v) is 3.64. The number of hydrogen-bond donors (Lipinski definition) is 0. The Hall–Kier alpha value is -3.08. The molecule has 1 aliphatic heterocycles. The molecule has 0 bridgehead atoms. The molecule has 1 amide bonds. The van der Waals surface area contributed by atoms with Crippen LogP contribution in [0.5, 0.6) is 5.75 Å². The number of ether oxygens (including phenoxy) is 1. The molecule has 4 rings (SSSR count). The Balaban J connectivity index is 1.53. The van der Waals surface area contributed by atoms with Crippen LogP contribution in [0.3, 0.4) is 0 Å². The maximum Gasteiger partial charge on any atom is 0.258 e. The average Bonchev–Trinajstić information content (AvgIpc) is 3.36. The Morgan fingerprint density at radius 3 is 2.82 bits per heavy atom. The van der Waals surface area contributed by atoms with Crippen LogP contribution in [0.4, 0.5) is 0 Å². The molecule has 0 spiro atoms. The van der Waals surface area contributed by atoms with E-state index in [-0.39, 0.29) is 5.91 Å². The molecule has 0 saturated heterocycles. The number of fused-ring (bicyclic) bond motifs is 1. The predicted octanol–water partition coefficient (Wildman–Crippen LogP) is 3.63. The quantitative estimate of drug-likeness (QED) is 0.634. The molecule has 1 aliphatic rings. The summed E-state index contributed by atoms with van der Waals surface area (Å²) in [6, 6.07) is 16.2. The van der Waals surface area contributed by atoms with Crippen molar-refractivity contribution in [2.75, 3.05) is 13.2 Å². The van der Waals surface area contributed by atoms with E-state index >= 15 is 0 Å². The number of carbonyl (C=O) groups excluding carboxylic acids is 1. The molecule has 3 aromatic rings. The molecule has 0 N–H and O–H groups in total. The van der Waals surface area contributed by atoms with Gasteiger partial charge in [0.1, 0.15) is 11.6 Å². The van der Waals surface area contributed by atoms with Gasteiger partial charge >= 0.3 is 0 Å². The van der Waals surface area contributed by atoms with Crippen molar-refractivity contribution in [3.8, 4) is 5.75 Å². The van der Waals surface area contributed by atoms with E-state index in [1.165, 1.54) is 5.56 Å². The molecule has 0 aliphatic carbocycles. The molecule has 144 valence electrons. The Morgan fingerprint density at radius 1 is 1.18 bits per heavy atom. The molecular weight excluding hydrogens is 350 g/mol. The van der Waals surface area contributed by atoms with Crippen molar-refractivity contribution in [2.24, 2.45) is 7.05 Å². The molecule has 5 nitrogen and oxygen atoms in total. The zero-order chi connectivity index (χ0) is 19.3. The summed E-state index contributed by atoms with van der Waals surface area (Å²) in [6.45, 7) is 1.80. The Bertz CT molecular complexity index is 949. The van der Waals surface area contributed by atoms with E-state index < -0.39 is 0 Å². The molecule has 0 radical (unpaired) electrons. The summed E-state index contributed by atoms with van der Waals surface area (Å²) in [4.78, 5) is 19.7. The van der Waals surface area contributed by atoms with Crippen molar-refractivity contribution >= 4 is 5.91 Å². The van der Waals surface area contributed by atoms with Crippen LogP contribution in [0.2, 0.25) is 0 Å². The van der Waals surface area contributed by atoms with Gasteiger partial charge in [-0.3, -0.25) is 4.79 Å². The van der Waals surface area contributed by atoms with Crippen LogP contribution in [-0.2, 0) is 26.4 Å². The Morgan fingerprint density at radius 2 is 2.04 bits per heavy atom. The molecule has 5 heteroatoms. The van der Waals surface area contributed by atoms with Crippen molar-refractivity contribution in [3.63, 3.8) is 0 Å². The first-order valence-corrected chi connectivity index (χ1v) is 9.76. The second-order valence-electron chi connectivity index (χ2n) is 7.16. The largest absolute Gasteiger partial charge is 0.492 e. The molecule has 2 heterocycles. The van der Waals surface area contributed by atoms with E-state index in [0.717, 1.165) is 36.4 Å². The first kappa shape index (κ1) is 18.3. The zero-order valence-corrected chi connectivity index (χ0v) is 16.2. The third-order valence-electron chi connectivity index (χ3n) is 5.22. The molecular formula is C23H25N3O2. The third kappa shape index (κ3) is 3.93. The zero-order valence-electron chi connectivity index (χ0n) is 16.2. The van der Waals surface area contributed by atoms with Crippen molar-refractivity contribution in [1.82, 2.24) is 14.5 Å². The lowest BCUT2D eigenvalue weighted by molar-refractivity contribution is 0.0732. The highest BCUT2D eigenvalue weighted by atomic mass is 16.5. The summed E-state index contributed by atoms with van der Waals surface area (Å²) < 4.78 is 7.73. The minimum atomic E-state index is 0.00908. The van der Waals surface area contributed by atoms with Crippen LogP contribution in [-0.4, -0.2) is 33.5 Å². The van der Waals surface area contributed by atoms with Crippen LogP contribution < -0.4 is 4.74 Å². The minimum absolute atomic E-state index is 0.00908. The number of hydrogen-bond acceptors (Lipinski definition) is 3. The van der Waals surface area contributed by atoms with E-state index in [2.05, 4.69) is 29.2 Å². The summed E-state index contributed by atoms with van der Waals surface area (Å²) in [7, 11) is 1.96. The van der Waals surface area contributed by atoms with E-state index in [0.29, 0.717) is 25.3 Å². The maximum atomic E-state index is 13.4. The summed E-state index contributed by atoms with van der Waals surface area (Å²) in [5.74, 6) is 1.64. The van der Waals surface area contributed by atoms with Gasteiger partial charge in [0, 0.05) is 32.4 Å². The number of nitrogens with zero attached hydrogens (tertiary/aromatic N) is 3. The predicted molar refractivity (Wildman–Crippen MR) is 108 cm³/mol. The molecule has 28 heavy (non-hydrogen) atoms. The number of rotatable bonds is 7. The summed E-state index contributed by atoms with van der Waals surface area (Å²) >= 11 is 0. The fourth-order valence-electron chi connectivity index (χ4n) is 3.64. The maximum absolute atomic E-state index is 13.4. The number of imidazole rings is 1. The first-order chi connectivity index (χ1) is 13.7. The number of aryl methyl sites for hydroxylation is 2. The minimum Gasteiger partial charge on any atom is -0.492 e. The molecule has 0 saturated carbocycles. The van der Waals surface area contributed by atoms with E-state index in [1.807, 2.05) is 47.0 Å². The van der Waals surface area contributed by atoms with Gasteiger partial charge in [0.2, 0.25) is 0 Å². The van der Waals surface area contributed by atoms with Gasteiger partial charge in [-0.15, -0.1) is 0 Å². The van der Waals surface area contributed by atoms with Crippen LogP contribution in [0.15, 0.2) is 60.9 Å². The van der Waals surface area contributed by atoms with Gasteiger partial charge < -0.3 is 14.2 Å². The molecule has 0 atom stereocenters. The molecule has 0 unspecified atom stereocenters.